The number of nitrogens with one attached hydrogen (secondary N) is 1. The summed E-state index contributed by atoms with van der Waals surface area (Å²) < 4.78 is 12.6. The lowest BCUT2D eigenvalue weighted by atomic mass is 9.87. The lowest BCUT2D eigenvalue weighted by Crippen LogP contribution is -2.43. The zero-order valence-corrected chi connectivity index (χ0v) is 13.6. The first-order valence-corrected chi connectivity index (χ1v) is 7.70. The van der Waals surface area contributed by atoms with E-state index in [1.807, 2.05) is 6.92 Å². The van der Waals surface area contributed by atoms with Gasteiger partial charge < -0.3 is 14.6 Å². The molecule has 1 aliphatic rings. The van der Waals surface area contributed by atoms with Crippen molar-refractivity contribution in [1.29, 1.82) is 0 Å². The fourth-order valence-corrected chi connectivity index (χ4v) is 3.09. The van der Waals surface area contributed by atoms with E-state index >= 15 is 0 Å². The Labute approximate surface area is 137 Å². The average molecular weight is 339 g/mol. The number of nitrogens with zero attached hydrogens (tertiary/aromatic N) is 4. The van der Waals surface area contributed by atoms with Crippen molar-refractivity contribution < 1.29 is 14.6 Å². The molecule has 1 aromatic rings. The number of rotatable bonds is 7. The molecule has 0 radical (unpaired) electrons. The lowest BCUT2D eigenvalue weighted by Gasteiger charge is -2.31. The molecular formula is C14H21N5O5. The van der Waals surface area contributed by atoms with Crippen LogP contribution in [-0.2, 0) is 9.47 Å². The van der Waals surface area contributed by atoms with E-state index in [1.54, 1.807) is 0 Å². The number of H-pyrrole nitrogens is 1. The first-order chi connectivity index (χ1) is 11.5. The molecule has 1 aromatic heterocycles. The van der Waals surface area contributed by atoms with Gasteiger partial charge in [0.2, 0.25) is 0 Å². The fraction of sp³-hybridized carbons (Fsp3) is 0.714. The number of aromatic nitrogens is 2. The Balaban J connectivity index is 2.31. The van der Waals surface area contributed by atoms with Gasteiger partial charge in [0.25, 0.3) is 5.56 Å². The summed E-state index contributed by atoms with van der Waals surface area (Å²) in [6.45, 7) is 2.15. The monoisotopic (exact) mass is 339 g/mol. The van der Waals surface area contributed by atoms with E-state index in [0.717, 1.165) is 0 Å². The third-order valence-corrected chi connectivity index (χ3v) is 4.40. The van der Waals surface area contributed by atoms with Crippen molar-refractivity contribution in [2.24, 2.45) is 5.11 Å². The minimum Gasteiger partial charge on any atom is -0.387 e. The highest BCUT2D eigenvalue weighted by atomic mass is 16.6. The molecule has 1 saturated heterocycles. The molecule has 1 unspecified atom stereocenters. The van der Waals surface area contributed by atoms with Crippen LogP contribution in [0.2, 0.25) is 0 Å². The Morgan fingerprint density at radius 2 is 2.33 bits per heavy atom. The van der Waals surface area contributed by atoms with Crippen molar-refractivity contribution in [3.05, 3.63) is 43.5 Å². The quantitative estimate of drug-likeness (QED) is 0.325. The van der Waals surface area contributed by atoms with Gasteiger partial charge in [0.05, 0.1) is 5.60 Å². The second kappa shape index (κ2) is 7.63. The highest BCUT2D eigenvalue weighted by Crippen LogP contribution is 2.42. The summed E-state index contributed by atoms with van der Waals surface area (Å²) in [4.78, 5) is 28.1. The summed E-state index contributed by atoms with van der Waals surface area (Å²) in [6, 6.07) is 1.21. The third kappa shape index (κ3) is 3.36. The molecule has 1 fully saturated rings. The maximum Gasteiger partial charge on any atom is 0.330 e. The molecule has 0 aromatic carbocycles. The van der Waals surface area contributed by atoms with Crippen LogP contribution in [0.3, 0.4) is 0 Å². The van der Waals surface area contributed by atoms with Gasteiger partial charge in [0.1, 0.15) is 12.2 Å². The molecule has 2 N–H and O–H groups in total. The Hall–Kier alpha value is -2.13. The minimum absolute atomic E-state index is 0.287. The molecule has 10 nitrogen and oxygen atoms in total. The third-order valence-electron chi connectivity index (χ3n) is 4.40. The van der Waals surface area contributed by atoms with Crippen molar-refractivity contribution in [3.8, 4) is 0 Å². The molecule has 0 bridgehead atoms. The van der Waals surface area contributed by atoms with E-state index in [1.165, 1.54) is 23.9 Å². The van der Waals surface area contributed by atoms with Gasteiger partial charge in [-0.3, -0.25) is 14.3 Å². The van der Waals surface area contributed by atoms with Crippen molar-refractivity contribution in [2.45, 2.75) is 50.2 Å². The highest BCUT2D eigenvalue weighted by Gasteiger charge is 2.54. The van der Waals surface area contributed by atoms with Crippen LogP contribution in [0.25, 0.3) is 10.4 Å². The SMILES string of the molecule is CC[C@@]1(CCCN=[N+]=[N-])O[C@@H](n2ccc(=O)[nH]c2=O)C(OC)[C@H]1O. The maximum absolute atomic E-state index is 12.0. The van der Waals surface area contributed by atoms with Crippen molar-refractivity contribution in [2.75, 3.05) is 13.7 Å². The van der Waals surface area contributed by atoms with Gasteiger partial charge in [0, 0.05) is 30.8 Å². The standard InChI is InChI=1S/C14H21N5O5/c1-3-14(6-4-7-16-18-15)11(21)10(23-2)12(24-14)19-8-5-9(20)17-13(19)22/h5,8,10-12,21H,3-4,6-7H2,1-2H3,(H,17,20,22)/t10?,11-,12-,14+/m1/s1. The number of azide groups is 1. The van der Waals surface area contributed by atoms with Crippen molar-refractivity contribution in [3.63, 3.8) is 0 Å². The van der Waals surface area contributed by atoms with Crippen LogP contribution in [-0.4, -0.2) is 46.1 Å². The summed E-state index contributed by atoms with van der Waals surface area (Å²) in [5, 5.41) is 14.2. The van der Waals surface area contributed by atoms with E-state index in [4.69, 9.17) is 15.0 Å². The minimum atomic E-state index is -0.970. The molecule has 0 aliphatic carbocycles. The normalized spacial score (nSPS) is 29.4. The fourth-order valence-electron chi connectivity index (χ4n) is 3.09. The second-order valence-corrected chi connectivity index (χ2v) is 5.65. The Morgan fingerprint density at radius 1 is 1.58 bits per heavy atom. The summed E-state index contributed by atoms with van der Waals surface area (Å²) >= 11 is 0. The van der Waals surface area contributed by atoms with E-state index in [9.17, 15) is 14.7 Å². The molecule has 132 valence electrons. The molecule has 4 atom stereocenters. The molecule has 0 amide bonds. The Morgan fingerprint density at radius 3 is 2.92 bits per heavy atom. The van der Waals surface area contributed by atoms with Crippen molar-refractivity contribution >= 4 is 0 Å². The van der Waals surface area contributed by atoms with Crippen LogP contribution in [0.1, 0.15) is 32.4 Å². The van der Waals surface area contributed by atoms with E-state index in [2.05, 4.69) is 15.0 Å². The van der Waals surface area contributed by atoms with Gasteiger partial charge in [-0.25, -0.2) is 4.79 Å². The second-order valence-electron chi connectivity index (χ2n) is 5.65. The highest BCUT2D eigenvalue weighted by molar-refractivity contribution is 5.02. The van der Waals surface area contributed by atoms with Gasteiger partial charge in [0.15, 0.2) is 6.23 Å². The summed E-state index contributed by atoms with van der Waals surface area (Å²) in [7, 11) is 1.42. The number of aromatic amines is 1. The molecule has 2 heterocycles. The zero-order valence-electron chi connectivity index (χ0n) is 13.6. The van der Waals surface area contributed by atoms with Crippen LogP contribution < -0.4 is 11.2 Å². The molecule has 0 saturated carbocycles. The molecule has 2 rings (SSSR count). The first-order valence-electron chi connectivity index (χ1n) is 7.70. The number of aliphatic hydroxyl groups is 1. The topological polar surface area (TPSA) is 142 Å². The van der Waals surface area contributed by atoms with Gasteiger partial charge >= 0.3 is 5.69 Å². The average Bonchev–Trinajstić information content (AvgIpc) is 2.84. The van der Waals surface area contributed by atoms with E-state index < -0.39 is 35.3 Å². The molecule has 10 heteroatoms. The predicted molar refractivity (Wildman–Crippen MR) is 84.5 cm³/mol. The van der Waals surface area contributed by atoms with Gasteiger partial charge in [-0.1, -0.05) is 12.0 Å². The number of hydrogen-bond acceptors (Lipinski definition) is 6. The largest absolute Gasteiger partial charge is 0.387 e. The molecular weight excluding hydrogens is 318 g/mol. The van der Waals surface area contributed by atoms with Gasteiger partial charge in [-0.15, -0.1) is 0 Å². The zero-order chi connectivity index (χ0) is 17.7. The van der Waals surface area contributed by atoms with Crippen LogP contribution >= 0.6 is 0 Å². The van der Waals surface area contributed by atoms with Gasteiger partial charge in [-0.05, 0) is 24.8 Å². The molecule has 0 spiro atoms. The summed E-state index contributed by atoms with van der Waals surface area (Å²) in [5.74, 6) is 0. The van der Waals surface area contributed by atoms with Crippen LogP contribution in [0.5, 0.6) is 0 Å². The van der Waals surface area contributed by atoms with E-state index in [-0.39, 0.29) is 6.54 Å². The number of methoxy groups -OCH3 is 1. The van der Waals surface area contributed by atoms with Gasteiger partial charge in [-0.2, -0.15) is 0 Å². The molecule has 24 heavy (non-hydrogen) atoms. The van der Waals surface area contributed by atoms with Crippen molar-refractivity contribution in [1.82, 2.24) is 9.55 Å². The predicted octanol–water partition coefficient (Wildman–Crippen LogP) is 0.681. The van der Waals surface area contributed by atoms with Crippen LogP contribution in [0.15, 0.2) is 27.0 Å². The molecule has 1 aliphatic heterocycles. The maximum atomic E-state index is 12.0. The number of hydrogen-bond donors (Lipinski definition) is 2. The van der Waals surface area contributed by atoms with E-state index in [0.29, 0.717) is 19.3 Å². The first kappa shape index (κ1) is 18.2. The number of aliphatic hydroxyl groups excluding tert-OH is 1. The summed E-state index contributed by atoms with van der Waals surface area (Å²) in [6.07, 6.45) is 0.163. The Kier molecular flexibility index (Phi) is 5.79. The smallest absolute Gasteiger partial charge is 0.330 e. The van der Waals surface area contributed by atoms with Crippen LogP contribution in [0, 0.1) is 0 Å². The number of ether oxygens (including phenoxy) is 2. The van der Waals surface area contributed by atoms with Crippen LogP contribution in [0.4, 0.5) is 0 Å². The lowest BCUT2D eigenvalue weighted by molar-refractivity contribution is -0.112. The Bertz CT molecular complexity index is 725. The summed E-state index contributed by atoms with van der Waals surface area (Å²) in [5.41, 5.74) is 6.27.